The number of rotatable bonds is 2. The molecule has 1 radical (unpaired) electrons. The van der Waals surface area contributed by atoms with E-state index < -0.39 is 15.6 Å². The topological polar surface area (TPSA) is 136 Å². The third-order valence-corrected chi connectivity index (χ3v) is 1.80. The molecule has 0 saturated heterocycles. The second kappa shape index (κ2) is 5.93. The van der Waals surface area contributed by atoms with Crippen molar-refractivity contribution in [1.82, 2.24) is 0 Å². The SMILES string of the molecule is O=P([O-])([O-])OP(=O)([O-])[O-].[Fe+3].[Li+]. The number of hydrogen-bond donors (Lipinski definition) is 0. The van der Waals surface area contributed by atoms with Gasteiger partial charge in [-0.1, -0.05) is 0 Å². The summed E-state index contributed by atoms with van der Waals surface area (Å²) < 4.78 is 21.2. The van der Waals surface area contributed by atoms with Crippen molar-refractivity contribution in [3.05, 3.63) is 0 Å². The summed E-state index contributed by atoms with van der Waals surface area (Å²) in [5, 5.41) is 0. The summed E-state index contributed by atoms with van der Waals surface area (Å²) in [5.74, 6) is 0. The van der Waals surface area contributed by atoms with Gasteiger partial charge < -0.3 is 33.0 Å². The molecule has 7 nitrogen and oxygen atoms in total. The van der Waals surface area contributed by atoms with Crippen LogP contribution in [-0.4, -0.2) is 0 Å². The van der Waals surface area contributed by atoms with Gasteiger partial charge in [0.1, 0.15) is 0 Å². The third kappa shape index (κ3) is 18.4. The fraction of sp³-hybridized carbons (Fsp3) is 0. The van der Waals surface area contributed by atoms with Crippen molar-refractivity contribution in [1.29, 1.82) is 0 Å². The Balaban J connectivity index is -0.000000320. The minimum Gasteiger partial charge on any atom is -0.790 e. The van der Waals surface area contributed by atoms with Crippen LogP contribution < -0.4 is 38.4 Å². The Hall–Kier alpha value is 1.38. The van der Waals surface area contributed by atoms with E-state index in [0.29, 0.717) is 0 Å². The van der Waals surface area contributed by atoms with Gasteiger partial charge in [-0.25, -0.2) is 0 Å². The van der Waals surface area contributed by atoms with Gasteiger partial charge in [-0.05, 0) is 0 Å². The predicted octanol–water partition coefficient (Wildman–Crippen LogP) is -6.34. The Morgan fingerprint density at radius 1 is 0.909 bits per heavy atom. The Morgan fingerprint density at radius 2 is 1.09 bits per heavy atom. The Kier molecular flexibility index (Phi) is 9.82. The van der Waals surface area contributed by atoms with E-state index in [9.17, 15) is 28.7 Å². The molecular formula is FeLiO7P2. The fourth-order valence-corrected chi connectivity index (χ4v) is 1.10. The maximum Gasteiger partial charge on any atom is 3.00 e. The first-order chi connectivity index (χ1) is 3.71. The predicted molar refractivity (Wildman–Crippen MR) is 16.3 cm³/mol. The molecule has 0 bridgehead atoms. The molecule has 0 atom stereocenters. The van der Waals surface area contributed by atoms with Crippen LogP contribution in [0.2, 0.25) is 0 Å². The normalized spacial score (nSPS) is 11.3. The zero-order valence-corrected chi connectivity index (χ0v) is 8.00. The molecule has 0 spiro atoms. The van der Waals surface area contributed by atoms with E-state index in [1.54, 1.807) is 0 Å². The molecule has 0 aliphatic rings. The molecule has 0 aliphatic carbocycles. The van der Waals surface area contributed by atoms with Gasteiger partial charge in [-0.3, -0.25) is 0 Å². The summed E-state index contributed by atoms with van der Waals surface area (Å²) >= 11 is 0. The van der Waals surface area contributed by atoms with Gasteiger partial charge in [-0.2, -0.15) is 0 Å². The Bertz CT molecular complexity index is 157. The molecule has 0 amide bonds. The van der Waals surface area contributed by atoms with Crippen molar-refractivity contribution in [2.75, 3.05) is 0 Å². The third-order valence-electron chi connectivity index (χ3n) is 0.200. The van der Waals surface area contributed by atoms with Crippen molar-refractivity contribution < 1.29 is 68.9 Å². The van der Waals surface area contributed by atoms with Gasteiger partial charge in [0.15, 0.2) is 0 Å². The molecule has 0 unspecified atom stereocenters. The number of phosphoric acid groups is 2. The van der Waals surface area contributed by atoms with Gasteiger partial charge in [0.25, 0.3) is 0 Å². The summed E-state index contributed by atoms with van der Waals surface area (Å²) in [7, 11) is -11.4. The van der Waals surface area contributed by atoms with Crippen LogP contribution in [-0.2, 0) is 30.5 Å². The van der Waals surface area contributed by atoms with E-state index in [1.807, 2.05) is 0 Å². The van der Waals surface area contributed by atoms with Crippen LogP contribution in [0.1, 0.15) is 0 Å². The van der Waals surface area contributed by atoms with E-state index in [1.165, 1.54) is 0 Å². The summed E-state index contributed by atoms with van der Waals surface area (Å²) in [6.45, 7) is 0. The smallest absolute Gasteiger partial charge is 0.790 e. The van der Waals surface area contributed by atoms with Crippen molar-refractivity contribution in [2.45, 2.75) is 0 Å². The fourth-order valence-electron chi connectivity index (χ4n) is 0.122. The summed E-state index contributed by atoms with van der Waals surface area (Å²) in [6, 6.07) is 0. The molecule has 0 aromatic heterocycles. The van der Waals surface area contributed by atoms with E-state index in [2.05, 4.69) is 4.31 Å². The average molecular weight is 237 g/mol. The Labute approximate surface area is 84.7 Å². The second-order valence-electron chi connectivity index (χ2n) is 0.976. The Morgan fingerprint density at radius 3 is 1.09 bits per heavy atom. The number of hydrogen-bond acceptors (Lipinski definition) is 7. The summed E-state index contributed by atoms with van der Waals surface area (Å²) in [6.07, 6.45) is 0. The van der Waals surface area contributed by atoms with Gasteiger partial charge in [0, 0.05) is 0 Å². The van der Waals surface area contributed by atoms with Gasteiger partial charge in [0.05, 0.1) is 15.6 Å². The standard InChI is InChI=1S/Fe.Li.H4O7P2/c;;1-8(2,3)7-9(4,5)6/h;;(H2,1,2,3)(H2,4,5,6)/q+3;+1;/p-4. The van der Waals surface area contributed by atoms with Gasteiger partial charge in [0.2, 0.25) is 0 Å². The van der Waals surface area contributed by atoms with Crippen LogP contribution in [0.15, 0.2) is 0 Å². The maximum atomic E-state index is 9.32. The van der Waals surface area contributed by atoms with Crippen LogP contribution in [0.5, 0.6) is 0 Å². The molecule has 0 aromatic carbocycles. The molecule has 0 aliphatic heterocycles. The monoisotopic (exact) mass is 237 g/mol. The molecule has 0 rings (SSSR count). The summed E-state index contributed by atoms with van der Waals surface area (Å²) in [5.41, 5.74) is 0. The van der Waals surface area contributed by atoms with E-state index in [0.717, 1.165) is 0 Å². The zero-order valence-electron chi connectivity index (χ0n) is 5.11. The second-order valence-corrected chi connectivity index (χ2v) is 3.42. The van der Waals surface area contributed by atoms with Gasteiger partial charge >= 0.3 is 35.9 Å². The average Bonchev–Trinajstić information content (AvgIpc) is 1.14. The van der Waals surface area contributed by atoms with Crippen molar-refractivity contribution in [3.63, 3.8) is 0 Å². The molecule has 0 heterocycles. The van der Waals surface area contributed by atoms with Crippen molar-refractivity contribution in [3.8, 4) is 0 Å². The quantitative estimate of drug-likeness (QED) is 0.344. The first-order valence-electron chi connectivity index (χ1n) is 1.46. The van der Waals surface area contributed by atoms with Crippen molar-refractivity contribution >= 4 is 15.6 Å². The molecule has 11 heteroatoms. The molecule has 0 saturated carbocycles. The zero-order chi connectivity index (χ0) is 7.71. The summed E-state index contributed by atoms with van der Waals surface area (Å²) in [4.78, 5) is 37.3. The first-order valence-corrected chi connectivity index (χ1v) is 4.38. The van der Waals surface area contributed by atoms with E-state index in [4.69, 9.17) is 0 Å². The van der Waals surface area contributed by atoms with Gasteiger partial charge in [-0.15, -0.1) is 0 Å². The first kappa shape index (κ1) is 18.2. The van der Waals surface area contributed by atoms with Crippen LogP contribution >= 0.6 is 15.6 Å². The molecule has 61 valence electrons. The minimum atomic E-state index is -5.68. The minimum absolute atomic E-state index is 0. The maximum absolute atomic E-state index is 9.32. The van der Waals surface area contributed by atoms with Crippen LogP contribution in [0.3, 0.4) is 0 Å². The molecule has 0 fully saturated rings. The molecular weight excluding hydrogens is 237 g/mol. The van der Waals surface area contributed by atoms with Crippen LogP contribution in [0, 0.1) is 0 Å². The molecule has 0 N–H and O–H groups in total. The van der Waals surface area contributed by atoms with E-state index >= 15 is 0 Å². The largest absolute Gasteiger partial charge is 3.00 e. The van der Waals surface area contributed by atoms with E-state index in [-0.39, 0.29) is 35.9 Å². The van der Waals surface area contributed by atoms with Crippen LogP contribution in [0.25, 0.3) is 0 Å². The van der Waals surface area contributed by atoms with Crippen LogP contribution in [0.4, 0.5) is 0 Å². The molecule has 11 heavy (non-hydrogen) atoms. The van der Waals surface area contributed by atoms with Crippen molar-refractivity contribution in [2.24, 2.45) is 0 Å². The molecule has 0 aromatic rings.